The van der Waals surface area contributed by atoms with Crippen molar-refractivity contribution in [1.82, 2.24) is 14.1 Å². The summed E-state index contributed by atoms with van der Waals surface area (Å²) in [6.45, 7) is 33.3. The first-order valence-corrected chi connectivity index (χ1v) is 36.7. The Morgan fingerprint density at radius 3 is 1.63 bits per heavy atom. The number of halogens is 1. The topological polar surface area (TPSA) is 217 Å². The van der Waals surface area contributed by atoms with Crippen LogP contribution in [0.15, 0.2) is 110 Å². The molecule has 485 valence electrons. The molecule has 1 saturated heterocycles. The molecule has 89 heavy (non-hydrogen) atoms. The first kappa shape index (κ1) is 79.0. The van der Waals surface area contributed by atoms with Crippen LogP contribution in [-0.4, -0.2) is 99.7 Å². The molecule has 10 rings (SSSR count). The van der Waals surface area contributed by atoms with Gasteiger partial charge in [-0.15, -0.1) is 0 Å². The molecule has 18 nitrogen and oxygen atoms in total. The number of benzene rings is 3. The summed E-state index contributed by atoms with van der Waals surface area (Å²) in [6.07, 6.45) is 6.73. The molecule has 1 unspecified atom stereocenters. The number of anilines is 2. The predicted octanol–water partition coefficient (Wildman–Crippen LogP) is 12.6. The number of aromatic nitrogens is 3. The number of pyridine rings is 3. The van der Waals surface area contributed by atoms with Crippen LogP contribution in [0.1, 0.15) is 78.6 Å². The van der Waals surface area contributed by atoms with Crippen molar-refractivity contribution in [3.63, 3.8) is 0 Å². The molecule has 3 aromatic carbocycles. The van der Waals surface area contributed by atoms with Crippen LogP contribution in [0.2, 0.25) is 51.4 Å². The van der Waals surface area contributed by atoms with Crippen LogP contribution >= 0.6 is 15.9 Å². The standard InChI is InChI=1S/C20H26N2O4Si.C14H17BO4.C14H12N2O3.C12H20BrNO2Si.C3H7.3CH4.V/c1-14-9-20(24)22(13-25-7-8-27(2,3)4)11-16(14)15-5-6-18-17(10-15)21-19(23)12-26-18;1-9-14(2,3)19-15(18-9)11-4-5-13-10(6-11)7-12(16)8-17-13;1-8-4-13(17)15-6-10(8)9-2-3-12-11(5-9)16-14(18)7-19-12;1-10-7-12(15)14(8-11(10)13)9-16-5-6-17(2,3)4;1-3-2;;;;/h5-6,9-11H,7-8,12-13H2,1-4H3,(H,21,23);4-6,9H,7-8H2,1-3H3;2-6H,7H2,1H3,(H,15,17)(H,16,18);7-8H,5-6,9H2,1-4H3;1,3H2,2H3;3*1H4;/q;;;;-1;;;;. The number of nitrogens with one attached hydrogen (secondary N) is 3. The van der Waals surface area contributed by atoms with Crippen molar-refractivity contribution in [2.75, 3.05) is 43.7 Å². The average Bonchev–Trinajstić information content (AvgIpc) is 3.13. The summed E-state index contributed by atoms with van der Waals surface area (Å²) in [7, 11) is -2.58. The number of carbonyl (C=O) groups is 3. The van der Waals surface area contributed by atoms with Gasteiger partial charge in [0, 0.05) is 112 Å². The number of ketones is 1. The second kappa shape index (κ2) is 35.5. The van der Waals surface area contributed by atoms with Crippen molar-refractivity contribution in [3.8, 4) is 39.5 Å². The van der Waals surface area contributed by atoms with Crippen molar-refractivity contribution >= 4 is 73.6 Å². The fourth-order valence-corrected chi connectivity index (χ4v) is 10.5. The van der Waals surface area contributed by atoms with Crippen LogP contribution in [0, 0.1) is 27.7 Å². The van der Waals surface area contributed by atoms with E-state index in [0.717, 1.165) is 85.3 Å². The van der Waals surface area contributed by atoms with E-state index in [0.29, 0.717) is 42.6 Å². The zero-order chi connectivity index (χ0) is 62.4. The molecule has 4 aliphatic rings. The molecule has 0 saturated carbocycles. The van der Waals surface area contributed by atoms with Gasteiger partial charge in [-0.05, 0) is 133 Å². The molecule has 2 amide bonds. The Kier molecular flexibility index (Phi) is 31.5. The number of amides is 2. The molecule has 6 aromatic rings. The third-order valence-electron chi connectivity index (χ3n) is 13.9. The molecule has 7 heterocycles. The summed E-state index contributed by atoms with van der Waals surface area (Å²) in [5, 5.41) is 5.58. The maximum Gasteiger partial charge on any atom is 0.494 e. The van der Waals surface area contributed by atoms with Gasteiger partial charge in [0.1, 0.15) is 37.3 Å². The number of aromatic amines is 1. The Balaban J connectivity index is 0.000000398. The van der Waals surface area contributed by atoms with E-state index in [4.69, 9.17) is 33.0 Å². The van der Waals surface area contributed by atoms with Gasteiger partial charge in [0.25, 0.3) is 22.9 Å². The minimum absolute atomic E-state index is 0. The zero-order valence-electron chi connectivity index (χ0n) is 51.8. The Hall–Kier alpha value is -6.08. The van der Waals surface area contributed by atoms with Gasteiger partial charge in [-0.25, -0.2) is 0 Å². The molecule has 1 atom stereocenters. The van der Waals surface area contributed by atoms with Gasteiger partial charge in [-0.1, -0.05) is 92.8 Å². The van der Waals surface area contributed by atoms with E-state index in [1.807, 2.05) is 109 Å². The fraction of sp³-hybridized carbons (Fsp3) is 0.439. The van der Waals surface area contributed by atoms with Crippen LogP contribution in [0.25, 0.3) is 22.3 Å². The largest absolute Gasteiger partial charge is 0.494 e. The Labute approximate surface area is 549 Å². The molecule has 3 N–H and O–H groups in total. The molecule has 0 aliphatic carbocycles. The maximum absolute atomic E-state index is 12.3. The average molecular weight is 1360 g/mol. The van der Waals surface area contributed by atoms with E-state index in [9.17, 15) is 28.8 Å². The monoisotopic (exact) mass is 1360 g/mol. The van der Waals surface area contributed by atoms with E-state index in [1.165, 1.54) is 0 Å². The second-order valence-corrected chi connectivity index (χ2v) is 36.3. The molecule has 0 spiro atoms. The number of H-pyrrole nitrogens is 1. The van der Waals surface area contributed by atoms with Crippen LogP contribution in [-0.2, 0) is 71.6 Å². The number of ether oxygens (including phenoxy) is 5. The third-order valence-corrected chi connectivity index (χ3v) is 18.1. The molecule has 23 heteroatoms. The molecule has 1 radical (unpaired) electrons. The van der Waals surface area contributed by atoms with Gasteiger partial charge in [-0.2, -0.15) is 6.42 Å². The first-order chi connectivity index (χ1) is 40.0. The number of fused-ring (bicyclic) bond motifs is 3. The van der Waals surface area contributed by atoms with E-state index in [1.54, 1.807) is 39.7 Å². The summed E-state index contributed by atoms with van der Waals surface area (Å²) < 4.78 is 43.2. The summed E-state index contributed by atoms with van der Waals surface area (Å²) in [4.78, 5) is 72.1. The number of aryl methyl sites for hydroxylation is 3. The minimum atomic E-state index is -1.16. The Morgan fingerprint density at radius 1 is 0.663 bits per heavy atom. The van der Waals surface area contributed by atoms with Gasteiger partial charge in [0.2, 0.25) is 5.56 Å². The summed E-state index contributed by atoms with van der Waals surface area (Å²) in [6, 6.07) is 23.9. The van der Waals surface area contributed by atoms with Gasteiger partial charge in [0.05, 0.1) is 23.1 Å². The van der Waals surface area contributed by atoms with E-state index in [2.05, 4.69) is 77.8 Å². The number of Topliss-reactive ketones (excluding diaryl/α,β-unsaturated/α-hetero) is 1. The van der Waals surface area contributed by atoms with Crippen LogP contribution in [0.5, 0.6) is 17.2 Å². The third kappa shape index (κ3) is 23.9. The smallest absolute Gasteiger partial charge is 0.486 e. The SMILES string of the molecule is C.C.C.CC1OB(c2ccc3c(c2)CC(=O)CO3)OC1(C)C.Cc1cc(=O)[nH]cc1-c1ccc2c(c1)NC(=O)CO2.Cc1cc(=O)n(COCC[Si](C)(C)C)cc1-c1ccc2c(c1)NC(=O)CO2.Cc1cc(=O)n(COCC[Si](C)(C)C)cc1Br.[CH2-]CC.[V]. The van der Waals surface area contributed by atoms with Gasteiger partial charge in [0.15, 0.2) is 19.0 Å². The number of carbonyl (C=O) groups excluding carboxylic acids is 3. The number of nitrogens with zero attached hydrogens (tertiary/aromatic N) is 2. The van der Waals surface area contributed by atoms with Crippen molar-refractivity contribution in [1.29, 1.82) is 0 Å². The fourth-order valence-electron chi connectivity index (χ4n) is 8.62. The van der Waals surface area contributed by atoms with Gasteiger partial charge >= 0.3 is 7.12 Å². The zero-order valence-corrected chi connectivity index (χ0v) is 56.8. The molecule has 0 bridgehead atoms. The van der Waals surface area contributed by atoms with E-state index in [-0.39, 0.29) is 120 Å². The normalized spacial score (nSPS) is 14.8. The number of rotatable bonds is 13. The van der Waals surface area contributed by atoms with Gasteiger partial charge in [-0.3, -0.25) is 37.9 Å². The van der Waals surface area contributed by atoms with E-state index < -0.39 is 16.1 Å². The Bertz CT molecular complexity index is 3530. The maximum atomic E-state index is 12.3. The van der Waals surface area contributed by atoms with Crippen LogP contribution in [0.4, 0.5) is 11.4 Å². The first-order valence-electron chi connectivity index (χ1n) is 28.5. The predicted molar refractivity (Wildman–Crippen MR) is 365 cm³/mol. The summed E-state index contributed by atoms with van der Waals surface area (Å²) in [5.41, 5.74) is 9.00. The van der Waals surface area contributed by atoms with E-state index >= 15 is 0 Å². The minimum Gasteiger partial charge on any atom is -0.486 e. The van der Waals surface area contributed by atoms with Crippen molar-refractivity contribution in [2.45, 2.75) is 160 Å². The molecule has 3 aromatic heterocycles. The van der Waals surface area contributed by atoms with Crippen LogP contribution < -0.4 is 47.0 Å². The molecule has 1 fully saturated rings. The van der Waals surface area contributed by atoms with Crippen molar-refractivity contribution < 1.29 is 65.9 Å². The second-order valence-electron chi connectivity index (χ2n) is 24.2. The van der Waals surface area contributed by atoms with Crippen molar-refractivity contribution in [2.24, 2.45) is 0 Å². The van der Waals surface area contributed by atoms with Gasteiger partial charge < -0.3 is 55.5 Å². The summed E-state index contributed by atoms with van der Waals surface area (Å²) in [5.74, 6) is 1.87. The van der Waals surface area contributed by atoms with Crippen molar-refractivity contribution in [3.05, 3.63) is 156 Å². The van der Waals surface area contributed by atoms with Crippen LogP contribution in [0.3, 0.4) is 0 Å². The quantitative estimate of drug-likeness (QED) is 0.0558. The molecule has 4 aliphatic heterocycles. The number of hydrogen-bond donors (Lipinski definition) is 3. The number of hydrogen-bond acceptors (Lipinski definition) is 13. The molecular weight excluding hydrogens is 1270 g/mol. The molecular formula is C66H94BBrN5O13Si2V-. The summed E-state index contributed by atoms with van der Waals surface area (Å²) >= 11 is 3.41. The Morgan fingerprint density at radius 2 is 1.13 bits per heavy atom.